The van der Waals surface area contributed by atoms with Gasteiger partial charge in [-0.3, -0.25) is 9.59 Å². The van der Waals surface area contributed by atoms with E-state index in [1.165, 1.54) is 6.92 Å². The van der Waals surface area contributed by atoms with Crippen LogP contribution in [0.3, 0.4) is 0 Å². The zero-order valence-corrected chi connectivity index (χ0v) is 11.2. The lowest BCUT2D eigenvalue weighted by atomic mass is 9.88. The van der Waals surface area contributed by atoms with Crippen molar-refractivity contribution in [3.8, 4) is 0 Å². The smallest absolute Gasteiger partial charge is 0.227 e. The van der Waals surface area contributed by atoms with Crippen LogP contribution in [-0.2, 0) is 9.59 Å². The van der Waals surface area contributed by atoms with Crippen LogP contribution in [0.4, 0.5) is 11.4 Å². The van der Waals surface area contributed by atoms with Gasteiger partial charge in [-0.15, -0.1) is 0 Å². The molecule has 0 bridgehead atoms. The first kappa shape index (κ1) is 13.5. The summed E-state index contributed by atoms with van der Waals surface area (Å²) in [6.45, 7) is 5.20. The predicted octanol–water partition coefficient (Wildman–Crippen LogP) is 1.44. The quantitative estimate of drug-likeness (QED) is 0.768. The van der Waals surface area contributed by atoms with Gasteiger partial charge in [0.25, 0.3) is 0 Å². The van der Waals surface area contributed by atoms with E-state index in [1.54, 1.807) is 18.2 Å². The van der Waals surface area contributed by atoms with Crippen molar-refractivity contribution in [2.45, 2.75) is 13.8 Å². The topological polar surface area (TPSA) is 70.2 Å². The van der Waals surface area contributed by atoms with Gasteiger partial charge in [0.2, 0.25) is 11.8 Å². The monoisotopic (exact) mass is 261 g/mol. The fraction of sp³-hybridized carbons (Fsp3) is 0.429. The maximum Gasteiger partial charge on any atom is 0.227 e. The molecule has 0 saturated carbocycles. The first-order chi connectivity index (χ1) is 9.06. The average molecular weight is 261 g/mol. The fourth-order valence-corrected chi connectivity index (χ4v) is 2.01. The number of nitrogens with one attached hydrogen (secondary N) is 3. The molecule has 1 atom stereocenters. The van der Waals surface area contributed by atoms with Crippen LogP contribution in [0.15, 0.2) is 24.3 Å². The Bertz CT molecular complexity index is 483. The molecule has 102 valence electrons. The van der Waals surface area contributed by atoms with E-state index in [-0.39, 0.29) is 17.7 Å². The van der Waals surface area contributed by atoms with Crippen molar-refractivity contribution in [2.24, 2.45) is 11.8 Å². The highest BCUT2D eigenvalue weighted by molar-refractivity contribution is 5.94. The largest absolute Gasteiger partial charge is 0.326 e. The zero-order chi connectivity index (χ0) is 13.8. The molecule has 5 nitrogen and oxygen atoms in total. The number of anilines is 2. The lowest BCUT2D eigenvalue weighted by molar-refractivity contribution is -0.121. The molecule has 1 unspecified atom stereocenters. The van der Waals surface area contributed by atoms with E-state index in [4.69, 9.17) is 0 Å². The van der Waals surface area contributed by atoms with Gasteiger partial charge in [0.05, 0.1) is 0 Å². The summed E-state index contributed by atoms with van der Waals surface area (Å²) in [5.74, 6) is 0.299. The standard InChI is InChI=1S/C14H19N3O2/c1-9(11-7-15-8-11)14(19)17-13-5-3-4-12(6-13)16-10(2)18/h3-6,9,11,15H,7-8H2,1-2H3,(H,16,18)(H,17,19). The number of rotatable bonds is 4. The van der Waals surface area contributed by atoms with Crippen molar-refractivity contribution in [3.63, 3.8) is 0 Å². The van der Waals surface area contributed by atoms with Gasteiger partial charge >= 0.3 is 0 Å². The number of hydrogen-bond donors (Lipinski definition) is 3. The third-order valence-electron chi connectivity index (χ3n) is 3.38. The Hall–Kier alpha value is -1.88. The third kappa shape index (κ3) is 3.54. The maximum atomic E-state index is 12.1. The number of hydrogen-bond acceptors (Lipinski definition) is 3. The predicted molar refractivity (Wildman–Crippen MR) is 74.9 cm³/mol. The number of carbonyl (C=O) groups excluding carboxylic acids is 2. The van der Waals surface area contributed by atoms with E-state index >= 15 is 0 Å². The van der Waals surface area contributed by atoms with Crippen LogP contribution in [0, 0.1) is 11.8 Å². The van der Waals surface area contributed by atoms with Gasteiger partial charge in [-0.05, 0) is 37.2 Å². The van der Waals surface area contributed by atoms with Gasteiger partial charge in [0.15, 0.2) is 0 Å². The van der Waals surface area contributed by atoms with Crippen LogP contribution in [0.2, 0.25) is 0 Å². The second kappa shape index (κ2) is 5.84. The van der Waals surface area contributed by atoms with Crippen molar-refractivity contribution in [3.05, 3.63) is 24.3 Å². The molecule has 1 aromatic rings. The van der Waals surface area contributed by atoms with Crippen molar-refractivity contribution in [2.75, 3.05) is 23.7 Å². The summed E-state index contributed by atoms with van der Waals surface area (Å²) >= 11 is 0. The van der Waals surface area contributed by atoms with Crippen molar-refractivity contribution in [1.82, 2.24) is 5.32 Å². The van der Waals surface area contributed by atoms with E-state index in [9.17, 15) is 9.59 Å². The van der Waals surface area contributed by atoms with Crippen LogP contribution in [-0.4, -0.2) is 24.9 Å². The number of benzene rings is 1. The summed E-state index contributed by atoms with van der Waals surface area (Å²) in [7, 11) is 0. The second-order valence-corrected chi connectivity index (χ2v) is 4.96. The van der Waals surface area contributed by atoms with Crippen LogP contribution in [0.25, 0.3) is 0 Å². The molecule has 1 aromatic carbocycles. The summed E-state index contributed by atoms with van der Waals surface area (Å²) < 4.78 is 0. The molecule has 1 aliphatic heterocycles. The molecule has 19 heavy (non-hydrogen) atoms. The van der Waals surface area contributed by atoms with Crippen LogP contribution < -0.4 is 16.0 Å². The van der Waals surface area contributed by atoms with Crippen LogP contribution in [0.1, 0.15) is 13.8 Å². The molecule has 1 fully saturated rings. The van der Waals surface area contributed by atoms with Crippen molar-refractivity contribution < 1.29 is 9.59 Å². The highest BCUT2D eigenvalue weighted by Crippen LogP contribution is 2.20. The Balaban J connectivity index is 1.97. The normalized spacial score (nSPS) is 16.3. The summed E-state index contributed by atoms with van der Waals surface area (Å²) in [6, 6.07) is 7.16. The van der Waals surface area contributed by atoms with Crippen molar-refractivity contribution >= 4 is 23.2 Å². The summed E-state index contributed by atoms with van der Waals surface area (Å²) in [6.07, 6.45) is 0. The molecular formula is C14H19N3O2. The second-order valence-electron chi connectivity index (χ2n) is 4.96. The minimum Gasteiger partial charge on any atom is -0.326 e. The average Bonchev–Trinajstić information content (AvgIpc) is 2.26. The zero-order valence-electron chi connectivity index (χ0n) is 11.2. The van der Waals surface area contributed by atoms with E-state index < -0.39 is 0 Å². The van der Waals surface area contributed by atoms with Gasteiger partial charge in [0, 0.05) is 24.2 Å². The van der Waals surface area contributed by atoms with E-state index in [0.29, 0.717) is 17.3 Å². The first-order valence-electron chi connectivity index (χ1n) is 6.45. The molecule has 5 heteroatoms. The van der Waals surface area contributed by atoms with E-state index in [1.807, 2.05) is 13.0 Å². The van der Waals surface area contributed by atoms with E-state index in [2.05, 4.69) is 16.0 Å². The van der Waals surface area contributed by atoms with Gasteiger partial charge in [0.1, 0.15) is 0 Å². The molecule has 2 amide bonds. The molecule has 0 radical (unpaired) electrons. The molecule has 3 N–H and O–H groups in total. The fourth-order valence-electron chi connectivity index (χ4n) is 2.01. The van der Waals surface area contributed by atoms with Gasteiger partial charge in [-0.1, -0.05) is 13.0 Å². The van der Waals surface area contributed by atoms with Gasteiger partial charge in [-0.25, -0.2) is 0 Å². The SMILES string of the molecule is CC(=O)Nc1cccc(NC(=O)C(C)C2CNC2)c1. The third-order valence-corrected chi connectivity index (χ3v) is 3.38. The molecular weight excluding hydrogens is 242 g/mol. The molecule has 0 aliphatic carbocycles. The summed E-state index contributed by atoms with van der Waals surface area (Å²) in [5.41, 5.74) is 1.39. The molecule has 0 aromatic heterocycles. The minimum absolute atomic E-state index is 0.00864. The first-order valence-corrected chi connectivity index (χ1v) is 6.45. The Morgan fingerprint density at radius 2 is 1.89 bits per heavy atom. The van der Waals surface area contributed by atoms with Crippen molar-refractivity contribution in [1.29, 1.82) is 0 Å². The minimum atomic E-state index is -0.127. The highest BCUT2D eigenvalue weighted by Gasteiger charge is 2.28. The lowest BCUT2D eigenvalue weighted by Gasteiger charge is -2.31. The van der Waals surface area contributed by atoms with E-state index in [0.717, 1.165) is 13.1 Å². The number of carbonyl (C=O) groups is 2. The van der Waals surface area contributed by atoms with Crippen LogP contribution >= 0.6 is 0 Å². The Labute approximate surface area is 112 Å². The Kier molecular flexibility index (Phi) is 4.16. The molecule has 1 saturated heterocycles. The number of amides is 2. The van der Waals surface area contributed by atoms with Gasteiger partial charge in [-0.2, -0.15) is 0 Å². The highest BCUT2D eigenvalue weighted by atomic mass is 16.2. The Morgan fingerprint density at radius 3 is 2.42 bits per heavy atom. The summed E-state index contributed by atoms with van der Waals surface area (Å²) in [5, 5.41) is 8.74. The maximum absolute atomic E-state index is 12.1. The molecule has 2 rings (SSSR count). The molecule has 0 spiro atoms. The Morgan fingerprint density at radius 1 is 1.26 bits per heavy atom. The summed E-state index contributed by atoms with van der Waals surface area (Å²) in [4.78, 5) is 23.0. The molecule has 1 aliphatic rings. The van der Waals surface area contributed by atoms with Crippen LogP contribution in [0.5, 0.6) is 0 Å². The lowest BCUT2D eigenvalue weighted by Crippen LogP contribution is -2.48. The van der Waals surface area contributed by atoms with Gasteiger partial charge < -0.3 is 16.0 Å². The molecule has 1 heterocycles.